The van der Waals surface area contributed by atoms with Gasteiger partial charge in [-0.25, -0.2) is 0 Å². The normalized spacial score (nSPS) is 16.1. The average Bonchev–Trinajstić information content (AvgIpc) is 3.29. The van der Waals surface area contributed by atoms with Crippen LogP contribution in [-0.2, 0) is 0 Å². The molecule has 2 aromatic heterocycles. The van der Waals surface area contributed by atoms with Crippen LogP contribution in [0.5, 0.6) is 0 Å². The SMILES string of the molecule is CC(=O)c1c(C)[nH]c(C(=O)NC[C@@H](c2ccco2)N2CCCC2)c1C. The fraction of sp³-hybridized carbons (Fsp3) is 0.474. The number of likely N-dealkylation sites (tertiary alicyclic amines) is 1. The van der Waals surface area contributed by atoms with Crippen molar-refractivity contribution in [3.8, 4) is 0 Å². The van der Waals surface area contributed by atoms with E-state index in [1.54, 1.807) is 13.2 Å². The molecule has 3 rings (SSSR count). The van der Waals surface area contributed by atoms with E-state index in [9.17, 15) is 9.59 Å². The molecule has 0 aliphatic carbocycles. The number of furan rings is 1. The summed E-state index contributed by atoms with van der Waals surface area (Å²) in [6.45, 7) is 7.63. The molecule has 2 N–H and O–H groups in total. The zero-order valence-corrected chi connectivity index (χ0v) is 15.0. The van der Waals surface area contributed by atoms with Crippen LogP contribution in [0.3, 0.4) is 0 Å². The van der Waals surface area contributed by atoms with Crippen LogP contribution in [0, 0.1) is 13.8 Å². The Morgan fingerprint density at radius 2 is 2.04 bits per heavy atom. The molecule has 0 unspecified atom stereocenters. The van der Waals surface area contributed by atoms with Crippen LogP contribution in [0.1, 0.15) is 63.7 Å². The Hall–Kier alpha value is -2.34. The monoisotopic (exact) mass is 343 g/mol. The van der Waals surface area contributed by atoms with E-state index >= 15 is 0 Å². The van der Waals surface area contributed by atoms with Crippen molar-refractivity contribution in [3.63, 3.8) is 0 Å². The Balaban J connectivity index is 1.74. The molecule has 0 spiro atoms. The molecule has 0 saturated carbocycles. The molecule has 0 aromatic carbocycles. The standard InChI is InChI=1S/C19H25N3O3/c1-12-17(14(3)23)13(2)21-18(12)19(24)20-11-15(16-7-6-10-25-16)22-8-4-5-9-22/h6-7,10,15,21H,4-5,8-9,11H2,1-3H3,(H,20,24)/t15-/m0/s1. The third-order valence-electron chi connectivity index (χ3n) is 4.93. The first kappa shape index (κ1) is 17.5. The van der Waals surface area contributed by atoms with Gasteiger partial charge in [-0.3, -0.25) is 14.5 Å². The smallest absolute Gasteiger partial charge is 0.268 e. The molecule has 6 nitrogen and oxygen atoms in total. The molecule has 1 amide bonds. The molecular formula is C19H25N3O3. The van der Waals surface area contributed by atoms with E-state index in [1.165, 1.54) is 19.8 Å². The van der Waals surface area contributed by atoms with Gasteiger partial charge >= 0.3 is 0 Å². The number of nitrogens with zero attached hydrogens (tertiary/aromatic N) is 1. The lowest BCUT2D eigenvalue weighted by Gasteiger charge is -2.25. The summed E-state index contributed by atoms with van der Waals surface area (Å²) >= 11 is 0. The van der Waals surface area contributed by atoms with Crippen LogP contribution in [-0.4, -0.2) is 41.2 Å². The minimum atomic E-state index is -0.191. The molecule has 1 aliphatic heterocycles. The van der Waals surface area contributed by atoms with E-state index in [0.29, 0.717) is 23.4 Å². The lowest BCUT2D eigenvalue weighted by molar-refractivity contribution is 0.0928. The highest BCUT2D eigenvalue weighted by molar-refractivity contribution is 6.02. The molecule has 1 saturated heterocycles. The van der Waals surface area contributed by atoms with Gasteiger partial charge in [0.1, 0.15) is 11.5 Å². The predicted octanol–water partition coefficient (Wildman–Crippen LogP) is 2.99. The van der Waals surface area contributed by atoms with Gasteiger partial charge in [0.15, 0.2) is 5.78 Å². The van der Waals surface area contributed by atoms with Gasteiger partial charge in [-0.05, 0) is 64.4 Å². The number of H-pyrrole nitrogens is 1. The summed E-state index contributed by atoms with van der Waals surface area (Å²) in [5.41, 5.74) is 2.50. The van der Waals surface area contributed by atoms with Crippen molar-refractivity contribution >= 4 is 11.7 Å². The molecule has 2 aromatic rings. The van der Waals surface area contributed by atoms with E-state index in [-0.39, 0.29) is 17.7 Å². The maximum atomic E-state index is 12.6. The van der Waals surface area contributed by atoms with Crippen LogP contribution in [0.4, 0.5) is 0 Å². The Kier molecular flexibility index (Phi) is 5.08. The van der Waals surface area contributed by atoms with Crippen LogP contribution in [0.15, 0.2) is 22.8 Å². The zero-order chi connectivity index (χ0) is 18.0. The summed E-state index contributed by atoms with van der Waals surface area (Å²) in [4.78, 5) is 29.8. The van der Waals surface area contributed by atoms with Gasteiger partial charge in [0.2, 0.25) is 0 Å². The van der Waals surface area contributed by atoms with Crippen molar-refractivity contribution in [2.45, 2.75) is 39.7 Å². The fourth-order valence-corrected chi connectivity index (χ4v) is 3.73. The maximum Gasteiger partial charge on any atom is 0.268 e. The first-order valence-electron chi connectivity index (χ1n) is 8.74. The van der Waals surface area contributed by atoms with E-state index in [1.807, 2.05) is 19.1 Å². The Morgan fingerprint density at radius 3 is 2.60 bits per heavy atom. The molecule has 25 heavy (non-hydrogen) atoms. The number of Topliss-reactive ketones (excluding diaryl/α,β-unsaturated/α-hetero) is 1. The molecular weight excluding hydrogens is 318 g/mol. The number of carbonyl (C=O) groups excluding carboxylic acids is 2. The third kappa shape index (κ3) is 3.54. The third-order valence-corrected chi connectivity index (χ3v) is 4.93. The lowest BCUT2D eigenvalue weighted by Crippen LogP contribution is -2.37. The zero-order valence-electron chi connectivity index (χ0n) is 15.0. The number of aromatic nitrogens is 1. The number of carbonyl (C=O) groups is 2. The Morgan fingerprint density at radius 1 is 1.32 bits per heavy atom. The Bertz CT molecular complexity index is 755. The van der Waals surface area contributed by atoms with Gasteiger partial charge in [-0.2, -0.15) is 0 Å². The topological polar surface area (TPSA) is 78.3 Å². The molecule has 3 heterocycles. The maximum absolute atomic E-state index is 12.6. The summed E-state index contributed by atoms with van der Waals surface area (Å²) in [5.74, 6) is 0.644. The van der Waals surface area contributed by atoms with Crippen molar-refractivity contribution in [1.29, 1.82) is 0 Å². The quantitative estimate of drug-likeness (QED) is 0.791. The lowest BCUT2D eigenvalue weighted by atomic mass is 10.1. The molecule has 0 radical (unpaired) electrons. The van der Waals surface area contributed by atoms with Gasteiger partial charge in [0.05, 0.1) is 12.3 Å². The van der Waals surface area contributed by atoms with Crippen molar-refractivity contribution in [3.05, 3.63) is 46.7 Å². The van der Waals surface area contributed by atoms with E-state index in [2.05, 4.69) is 15.2 Å². The second-order valence-corrected chi connectivity index (χ2v) is 6.67. The number of nitrogens with one attached hydrogen (secondary N) is 2. The summed E-state index contributed by atoms with van der Waals surface area (Å²) < 4.78 is 5.58. The van der Waals surface area contributed by atoms with Crippen molar-refractivity contribution in [2.24, 2.45) is 0 Å². The molecule has 0 bridgehead atoms. The predicted molar refractivity (Wildman–Crippen MR) is 94.9 cm³/mol. The van der Waals surface area contributed by atoms with Crippen molar-refractivity contribution in [2.75, 3.05) is 19.6 Å². The second-order valence-electron chi connectivity index (χ2n) is 6.67. The van der Waals surface area contributed by atoms with Gasteiger partial charge in [0, 0.05) is 17.8 Å². The number of rotatable bonds is 6. The number of hydrogen-bond acceptors (Lipinski definition) is 4. The molecule has 6 heteroatoms. The summed E-state index contributed by atoms with van der Waals surface area (Å²) in [5, 5.41) is 3.00. The summed E-state index contributed by atoms with van der Waals surface area (Å²) in [7, 11) is 0. The van der Waals surface area contributed by atoms with Gasteiger partial charge in [-0.1, -0.05) is 0 Å². The second kappa shape index (κ2) is 7.27. The van der Waals surface area contributed by atoms with Gasteiger partial charge < -0.3 is 14.7 Å². The van der Waals surface area contributed by atoms with Crippen LogP contribution < -0.4 is 5.32 Å². The number of hydrogen-bond donors (Lipinski definition) is 2. The highest BCUT2D eigenvalue weighted by atomic mass is 16.3. The van der Waals surface area contributed by atoms with Crippen LogP contribution in [0.2, 0.25) is 0 Å². The molecule has 1 atom stereocenters. The van der Waals surface area contributed by atoms with Gasteiger partial charge in [0.25, 0.3) is 5.91 Å². The molecule has 134 valence electrons. The molecule has 1 aliphatic rings. The summed E-state index contributed by atoms with van der Waals surface area (Å²) in [6, 6.07) is 3.86. The first-order valence-corrected chi connectivity index (χ1v) is 8.74. The van der Waals surface area contributed by atoms with Crippen LogP contribution >= 0.6 is 0 Å². The van der Waals surface area contributed by atoms with E-state index in [4.69, 9.17) is 4.42 Å². The minimum Gasteiger partial charge on any atom is -0.468 e. The average molecular weight is 343 g/mol. The summed E-state index contributed by atoms with van der Waals surface area (Å²) in [6.07, 6.45) is 4.00. The minimum absolute atomic E-state index is 0.0316. The largest absolute Gasteiger partial charge is 0.468 e. The number of amides is 1. The first-order chi connectivity index (χ1) is 12.0. The fourth-order valence-electron chi connectivity index (χ4n) is 3.73. The van der Waals surface area contributed by atoms with Crippen LogP contribution in [0.25, 0.3) is 0 Å². The van der Waals surface area contributed by atoms with Crippen molar-refractivity contribution < 1.29 is 14.0 Å². The van der Waals surface area contributed by atoms with Gasteiger partial charge in [-0.15, -0.1) is 0 Å². The van der Waals surface area contributed by atoms with E-state index < -0.39 is 0 Å². The number of aryl methyl sites for hydroxylation is 1. The van der Waals surface area contributed by atoms with Crippen molar-refractivity contribution in [1.82, 2.24) is 15.2 Å². The van der Waals surface area contributed by atoms with E-state index in [0.717, 1.165) is 24.5 Å². The number of ketones is 1. The Labute approximate surface area is 147 Å². The highest BCUT2D eigenvalue weighted by Gasteiger charge is 2.27. The highest BCUT2D eigenvalue weighted by Crippen LogP contribution is 2.25. The molecule has 1 fully saturated rings. The number of aromatic amines is 1.